The molecule has 5 nitrogen and oxygen atoms in total. The lowest BCUT2D eigenvalue weighted by atomic mass is 10.1. The average Bonchev–Trinajstić information content (AvgIpc) is 2.82. The SMILES string of the molecule is Cc1ccc(-n2ncc(C(=O)NN)c2C(F)(F)F)c(C)c1. The zero-order valence-corrected chi connectivity index (χ0v) is 11.3. The quantitative estimate of drug-likeness (QED) is 0.506. The number of alkyl halides is 3. The van der Waals surface area contributed by atoms with Gasteiger partial charge < -0.3 is 0 Å². The van der Waals surface area contributed by atoms with E-state index >= 15 is 0 Å². The van der Waals surface area contributed by atoms with E-state index in [4.69, 9.17) is 5.84 Å². The van der Waals surface area contributed by atoms with Crippen molar-refractivity contribution in [1.82, 2.24) is 15.2 Å². The lowest BCUT2D eigenvalue weighted by Crippen LogP contribution is -2.32. The Balaban J connectivity index is 2.70. The fraction of sp³-hybridized carbons (Fsp3) is 0.231. The van der Waals surface area contributed by atoms with E-state index in [-0.39, 0.29) is 5.69 Å². The summed E-state index contributed by atoms with van der Waals surface area (Å²) in [5.41, 5.74) is 1.70. The van der Waals surface area contributed by atoms with Gasteiger partial charge in [-0.1, -0.05) is 17.7 Å². The van der Waals surface area contributed by atoms with Gasteiger partial charge in [0, 0.05) is 0 Å². The van der Waals surface area contributed by atoms with Crippen molar-refractivity contribution in [2.24, 2.45) is 5.84 Å². The van der Waals surface area contributed by atoms with E-state index in [0.717, 1.165) is 11.8 Å². The number of carbonyl (C=O) groups excluding carboxylic acids is 1. The van der Waals surface area contributed by atoms with Crippen molar-refractivity contribution >= 4 is 5.91 Å². The standard InChI is InChI=1S/C13H13F3N4O/c1-7-3-4-10(8(2)5-7)20-11(13(14,15)16)9(6-18-20)12(21)19-17/h3-6H,17H2,1-2H3,(H,19,21). The zero-order valence-electron chi connectivity index (χ0n) is 11.3. The number of hydrogen-bond donors (Lipinski definition) is 2. The molecule has 112 valence electrons. The molecule has 1 aromatic carbocycles. The maximum atomic E-state index is 13.3. The third kappa shape index (κ3) is 2.75. The number of rotatable bonds is 2. The lowest BCUT2D eigenvalue weighted by Gasteiger charge is -2.14. The van der Waals surface area contributed by atoms with E-state index in [9.17, 15) is 18.0 Å². The number of aryl methyl sites for hydroxylation is 2. The molecule has 0 aliphatic heterocycles. The third-order valence-electron chi connectivity index (χ3n) is 2.99. The summed E-state index contributed by atoms with van der Waals surface area (Å²) in [5, 5.41) is 3.69. The van der Waals surface area contributed by atoms with Crippen LogP contribution in [0.25, 0.3) is 5.69 Å². The molecule has 1 heterocycles. The summed E-state index contributed by atoms with van der Waals surface area (Å²) in [7, 11) is 0. The zero-order chi connectivity index (χ0) is 15.8. The Labute approximate surface area is 118 Å². The molecule has 0 fully saturated rings. The molecule has 0 unspecified atom stereocenters. The lowest BCUT2D eigenvalue weighted by molar-refractivity contribution is -0.143. The van der Waals surface area contributed by atoms with Gasteiger partial charge in [0.2, 0.25) is 0 Å². The van der Waals surface area contributed by atoms with Crippen LogP contribution < -0.4 is 11.3 Å². The van der Waals surface area contributed by atoms with Crippen LogP contribution in [0, 0.1) is 13.8 Å². The second kappa shape index (κ2) is 5.21. The number of carbonyl (C=O) groups is 1. The van der Waals surface area contributed by atoms with Crippen molar-refractivity contribution in [3.63, 3.8) is 0 Å². The minimum atomic E-state index is -4.74. The van der Waals surface area contributed by atoms with Gasteiger partial charge in [0.15, 0.2) is 5.69 Å². The Kier molecular flexibility index (Phi) is 3.73. The summed E-state index contributed by atoms with van der Waals surface area (Å²) < 4.78 is 40.5. The highest BCUT2D eigenvalue weighted by Gasteiger charge is 2.40. The summed E-state index contributed by atoms with van der Waals surface area (Å²) >= 11 is 0. The predicted octanol–water partition coefficient (Wildman–Crippen LogP) is 2.11. The first-order chi connectivity index (χ1) is 9.75. The molecule has 0 spiro atoms. The van der Waals surface area contributed by atoms with Crippen molar-refractivity contribution in [3.8, 4) is 5.69 Å². The molecule has 0 atom stereocenters. The second-order valence-electron chi connectivity index (χ2n) is 4.58. The van der Waals surface area contributed by atoms with E-state index < -0.39 is 23.3 Å². The molecule has 2 aromatic rings. The molecule has 21 heavy (non-hydrogen) atoms. The summed E-state index contributed by atoms with van der Waals surface area (Å²) in [6, 6.07) is 4.93. The fourth-order valence-corrected chi connectivity index (χ4v) is 2.09. The minimum Gasteiger partial charge on any atom is -0.290 e. The van der Waals surface area contributed by atoms with Crippen LogP contribution in [-0.2, 0) is 6.18 Å². The Morgan fingerprint density at radius 3 is 2.52 bits per heavy atom. The molecule has 3 N–H and O–H groups in total. The molecule has 0 saturated carbocycles. The first kappa shape index (κ1) is 15.0. The number of nitrogens with zero attached hydrogens (tertiary/aromatic N) is 2. The van der Waals surface area contributed by atoms with Crippen molar-refractivity contribution in [3.05, 3.63) is 46.8 Å². The molecular weight excluding hydrogens is 285 g/mol. The van der Waals surface area contributed by atoms with E-state index in [1.54, 1.807) is 24.5 Å². The number of benzene rings is 1. The van der Waals surface area contributed by atoms with Gasteiger partial charge in [-0.05, 0) is 25.5 Å². The third-order valence-corrected chi connectivity index (χ3v) is 2.99. The summed E-state index contributed by atoms with van der Waals surface area (Å²) in [6.45, 7) is 3.50. The van der Waals surface area contributed by atoms with Crippen LogP contribution in [-0.4, -0.2) is 15.7 Å². The summed E-state index contributed by atoms with van der Waals surface area (Å²) in [5.74, 6) is 3.87. The molecule has 0 aliphatic carbocycles. The second-order valence-corrected chi connectivity index (χ2v) is 4.58. The maximum absolute atomic E-state index is 13.3. The van der Waals surface area contributed by atoms with E-state index in [2.05, 4.69) is 5.10 Å². The molecule has 0 bridgehead atoms. The van der Waals surface area contributed by atoms with E-state index in [1.807, 2.05) is 6.92 Å². The number of nitrogens with two attached hydrogens (primary N) is 1. The van der Waals surface area contributed by atoms with Gasteiger partial charge in [0.25, 0.3) is 5.91 Å². The van der Waals surface area contributed by atoms with Crippen LogP contribution in [0.2, 0.25) is 0 Å². The highest BCUT2D eigenvalue weighted by atomic mass is 19.4. The predicted molar refractivity (Wildman–Crippen MR) is 69.7 cm³/mol. The highest BCUT2D eigenvalue weighted by Crippen LogP contribution is 2.34. The first-order valence-electron chi connectivity index (χ1n) is 5.99. The Bertz CT molecular complexity index is 691. The van der Waals surface area contributed by atoms with Crippen LogP contribution in [0.1, 0.15) is 27.2 Å². The molecule has 2 rings (SSSR count). The van der Waals surface area contributed by atoms with Gasteiger partial charge in [-0.15, -0.1) is 0 Å². The maximum Gasteiger partial charge on any atom is 0.434 e. The largest absolute Gasteiger partial charge is 0.434 e. The van der Waals surface area contributed by atoms with Crippen LogP contribution in [0.5, 0.6) is 0 Å². The number of hydrazine groups is 1. The molecule has 0 radical (unpaired) electrons. The molecule has 0 saturated heterocycles. The minimum absolute atomic E-state index is 0.254. The average molecular weight is 298 g/mol. The first-order valence-corrected chi connectivity index (χ1v) is 5.99. The van der Waals surface area contributed by atoms with Gasteiger partial charge in [-0.25, -0.2) is 10.5 Å². The number of nitrogen functional groups attached to an aromatic ring is 1. The Morgan fingerprint density at radius 1 is 1.33 bits per heavy atom. The van der Waals surface area contributed by atoms with Gasteiger partial charge in [0.1, 0.15) is 0 Å². The van der Waals surface area contributed by atoms with Crippen molar-refractivity contribution in [1.29, 1.82) is 0 Å². The van der Waals surface area contributed by atoms with Crippen molar-refractivity contribution < 1.29 is 18.0 Å². The topological polar surface area (TPSA) is 72.9 Å². The van der Waals surface area contributed by atoms with Gasteiger partial charge in [-0.3, -0.25) is 10.2 Å². The van der Waals surface area contributed by atoms with Crippen LogP contribution >= 0.6 is 0 Å². The van der Waals surface area contributed by atoms with Crippen molar-refractivity contribution in [2.45, 2.75) is 20.0 Å². The van der Waals surface area contributed by atoms with Crippen LogP contribution in [0.3, 0.4) is 0 Å². The smallest absolute Gasteiger partial charge is 0.290 e. The van der Waals surface area contributed by atoms with Crippen LogP contribution in [0.4, 0.5) is 13.2 Å². The highest BCUT2D eigenvalue weighted by molar-refractivity contribution is 5.95. The number of amides is 1. The molecule has 0 aliphatic rings. The van der Waals surface area contributed by atoms with Crippen molar-refractivity contribution in [2.75, 3.05) is 0 Å². The molecule has 8 heteroatoms. The Hall–Kier alpha value is -2.35. The molecule has 1 amide bonds. The summed E-state index contributed by atoms with van der Waals surface area (Å²) in [6.07, 6.45) is -3.89. The normalized spacial score (nSPS) is 11.5. The number of aromatic nitrogens is 2. The molecule has 1 aromatic heterocycles. The van der Waals surface area contributed by atoms with Gasteiger partial charge in [-0.2, -0.15) is 18.3 Å². The van der Waals surface area contributed by atoms with E-state index in [1.165, 1.54) is 6.07 Å². The number of nitrogens with one attached hydrogen (secondary N) is 1. The number of halogens is 3. The number of hydrogen-bond acceptors (Lipinski definition) is 3. The summed E-state index contributed by atoms with van der Waals surface area (Å²) in [4.78, 5) is 11.5. The van der Waals surface area contributed by atoms with Crippen LogP contribution in [0.15, 0.2) is 24.4 Å². The molecular formula is C13H13F3N4O. The van der Waals surface area contributed by atoms with Gasteiger partial charge >= 0.3 is 6.18 Å². The monoisotopic (exact) mass is 298 g/mol. The van der Waals surface area contributed by atoms with Gasteiger partial charge in [0.05, 0.1) is 17.4 Å². The Morgan fingerprint density at radius 2 is 2.00 bits per heavy atom. The van der Waals surface area contributed by atoms with E-state index in [0.29, 0.717) is 10.2 Å². The fourth-order valence-electron chi connectivity index (χ4n) is 2.09.